The number of imide groups is 1. The maximum absolute atomic E-state index is 13.1. The van der Waals surface area contributed by atoms with Gasteiger partial charge in [-0.1, -0.05) is 24.9 Å². The lowest BCUT2D eigenvalue weighted by Crippen LogP contribution is -2.41. The van der Waals surface area contributed by atoms with Gasteiger partial charge in [0.15, 0.2) is 6.61 Å². The van der Waals surface area contributed by atoms with Gasteiger partial charge in [0.2, 0.25) is 0 Å². The van der Waals surface area contributed by atoms with E-state index in [0.29, 0.717) is 12.2 Å². The highest BCUT2D eigenvalue weighted by Crippen LogP contribution is 2.24. The number of carbonyl (C=O) groups excluding carboxylic acids is 3. The quantitative estimate of drug-likeness (QED) is 0.539. The summed E-state index contributed by atoms with van der Waals surface area (Å²) in [4.78, 5) is 35.5. The predicted octanol–water partition coefficient (Wildman–Crippen LogP) is 2.76. The molecule has 1 aromatic carbocycles. The second kappa shape index (κ2) is 9.84. The Morgan fingerprint density at radius 1 is 1.25 bits per heavy atom. The second-order valence-corrected chi connectivity index (χ2v) is 6.23. The monoisotopic (exact) mass is 410 g/mol. The van der Waals surface area contributed by atoms with Crippen LogP contribution in [0.25, 0.3) is 5.69 Å². The second-order valence-electron chi connectivity index (χ2n) is 5.87. The van der Waals surface area contributed by atoms with Crippen molar-refractivity contribution in [2.24, 2.45) is 0 Å². The largest absolute Gasteiger partial charge is 0.452 e. The molecule has 3 amide bonds. The summed E-state index contributed by atoms with van der Waals surface area (Å²) in [5, 5.41) is 8.67. The molecule has 0 saturated heterocycles. The van der Waals surface area contributed by atoms with E-state index in [1.54, 1.807) is 6.92 Å². The molecule has 28 heavy (non-hydrogen) atoms. The molecule has 0 aliphatic heterocycles. The number of carbonyl (C=O) groups is 3. The first-order valence-electron chi connectivity index (χ1n) is 8.59. The van der Waals surface area contributed by atoms with Gasteiger partial charge in [0.05, 0.1) is 11.4 Å². The molecule has 0 aliphatic rings. The zero-order chi connectivity index (χ0) is 20.7. The van der Waals surface area contributed by atoms with E-state index in [9.17, 15) is 18.8 Å². The van der Waals surface area contributed by atoms with Gasteiger partial charge in [-0.15, -0.1) is 0 Å². The number of nitrogens with one attached hydrogen (secondary N) is 2. The van der Waals surface area contributed by atoms with Crippen molar-refractivity contribution in [2.75, 3.05) is 13.2 Å². The third-order valence-electron chi connectivity index (χ3n) is 3.68. The molecule has 150 valence electrons. The molecule has 10 heteroatoms. The topological polar surface area (TPSA) is 102 Å². The SMILES string of the molecule is CCCCNC(=O)NC(=O)COC(=O)c1c(C)nn(-c2ccc(F)cc2)c1Cl. The summed E-state index contributed by atoms with van der Waals surface area (Å²) in [6.07, 6.45) is 1.68. The highest BCUT2D eigenvalue weighted by molar-refractivity contribution is 6.33. The van der Waals surface area contributed by atoms with Crippen molar-refractivity contribution in [1.29, 1.82) is 0 Å². The van der Waals surface area contributed by atoms with Crippen LogP contribution < -0.4 is 10.6 Å². The van der Waals surface area contributed by atoms with Crippen molar-refractivity contribution in [3.05, 3.63) is 46.5 Å². The fraction of sp³-hybridized carbons (Fsp3) is 0.333. The highest BCUT2D eigenvalue weighted by Gasteiger charge is 2.23. The minimum absolute atomic E-state index is 0.0220. The van der Waals surface area contributed by atoms with Crippen LogP contribution >= 0.6 is 11.6 Å². The number of amides is 3. The van der Waals surface area contributed by atoms with Crippen LogP contribution in [0.1, 0.15) is 35.8 Å². The third kappa shape index (κ3) is 5.53. The Balaban J connectivity index is 1.98. The fourth-order valence-electron chi connectivity index (χ4n) is 2.27. The number of halogens is 2. The van der Waals surface area contributed by atoms with Crippen molar-refractivity contribution in [2.45, 2.75) is 26.7 Å². The van der Waals surface area contributed by atoms with Crippen molar-refractivity contribution in [3.63, 3.8) is 0 Å². The minimum Gasteiger partial charge on any atom is -0.452 e. The Morgan fingerprint density at radius 3 is 2.57 bits per heavy atom. The molecule has 2 rings (SSSR count). The zero-order valence-electron chi connectivity index (χ0n) is 15.4. The summed E-state index contributed by atoms with van der Waals surface area (Å²) in [5.74, 6) is -2.06. The Bertz CT molecular complexity index is 867. The van der Waals surface area contributed by atoms with Gasteiger partial charge in [0.25, 0.3) is 5.91 Å². The summed E-state index contributed by atoms with van der Waals surface area (Å²) >= 11 is 6.21. The van der Waals surface area contributed by atoms with Crippen molar-refractivity contribution in [3.8, 4) is 5.69 Å². The van der Waals surface area contributed by atoms with Crippen molar-refractivity contribution in [1.82, 2.24) is 20.4 Å². The maximum Gasteiger partial charge on any atom is 0.343 e. The van der Waals surface area contributed by atoms with Crippen LogP contribution in [0, 0.1) is 12.7 Å². The summed E-state index contributed by atoms with van der Waals surface area (Å²) in [6, 6.07) is 4.71. The van der Waals surface area contributed by atoms with E-state index in [1.807, 2.05) is 6.92 Å². The molecule has 2 aromatic rings. The minimum atomic E-state index is -0.864. The van der Waals surface area contributed by atoms with Gasteiger partial charge >= 0.3 is 12.0 Å². The first-order chi connectivity index (χ1) is 13.3. The van der Waals surface area contributed by atoms with Gasteiger partial charge in [0, 0.05) is 6.54 Å². The highest BCUT2D eigenvalue weighted by atomic mass is 35.5. The first kappa shape index (κ1) is 21.4. The van der Waals surface area contributed by atoms with Crippen LogP contribution in [0.2, 0.25) is 5.15 Å². The van der Waals surface area contributed by atoms with Crippen LogP contribution in [0.3, 0.4) is 0 Å². The first-order valence-corrected chi connectivity index (χ1v) is 8.97. The third-order valence-corrected chi connectivity index (χ3v) is 4.03. The molecule has 8 nitrogen and oxygen atoms in total. The van der Waals surface area contributed by atoms with Crippen LogP contribution in [0.15, 0.2) is 24.3 Å². The smallest absolute Gasteiger partial charge is 0.343 e. The van der Waals surface area contributed by atoms with E-state index < -0.39 is 30.3 Å². The lowest BCUT2D eigenvalue weighted by atomic mass is 10.2. The van der Waals surface area contributed by atoms with Crippen molar-refractivity contribution >= 4 is 29.5 Å². The van der Waals surface area contributed by atoms with E-state index in [1.165, 1.54) is 28.9 Å². The standard InChI is InChI=1S/C18H20ClFN4O4/c1-3-4-9-21-18(27)22-14(25)10-28-17(26)15-11(2)23-24(16(15)19)13-7-5-12(20)6-8-13/h5-8H,3-4,9-10H2,1-2H3,(H2,21,22,25,27). The normalized spacial score (nSPS) is 10.4. The molecule has 0 bridgehead atoms. The van der Waals surface area contributed by atoms with Crippen molar-refractivity contribution < 1.29 is 23.5 Å². The van der Waals surface area contributed by atoms with Gasteiger partial charge < -0.3 is 10.1 Å². The number of hydrogen-bond donors (Lipinski definition) is 2. The molecule has 2 N–H and O–H groups in total. The molecule has 0 fully saturated rings. The van der Waals surface area contributed by atoms with E-state index in [4.69, 9.17) is 16.3 Å². The zero-order valence-corrected chi connectivity index (χ0v) is 16.2. The molecule has 1 aromatic heterocycles. The van der Waals surface area contributed by atoms with E-state index >= 15 is 0 Å². The summed E-state index contributed by atoms with van der Waals surface area (Å²) < 4.78 is 19.2. The molecule has 0 unspecified atom stereocenters. The number of rotatable bonds is 7. The summed E-state index contributed by atoms with van der Waals surface area (Å²) in [5.41, 5.74) is 0.707. The van der Waals surface area contributed by atoms with Gasteiger partial charge in [-0.05, 0) is 37.6 Å². The lowest BCUT2D eigenvalue weighted by Gasteiger charge is -2.07. The number of unbranched alkanes of at least 4 members (excludes halogenated alkanes) is 1. The molecular formula is C18H20ClFN4O4. The molecule has 0 radical (unpaired) electrons. The molecule has 0 atom stereocenters. The van der Waals surface area contributed by atoms with Gasteiger partial charge in [-0.25, -0.2) is 18.7 Å². The number of aryl methyl sites for hydroxylation is 1. The van der Waals surface area contributed by atoms with E-state index in [-0.39, 0.29) is 16.4 Å². The molecule has 0 aliphatic carbocycles. The molecular weight excluding hydrogens is 391 g/mol. The van der Waals surface area contributed by atoms with Crippen LogP contribution in [0.4, 0.5) is 9.18 Å². The lowest BCUT2D eigenvalue weighted by molar-refractivity contribution is -0.123. The van der Waals surface area contributed by atoms with Crippen LogP contribution in [-0.4, -0.2) is 40.8 Å². The average molecular weight is 411 g/mol. The van der Waals surface area contributed by atoms with Gasteiger partial charge in [0.1, 0.15) is 16.5 Å². The number of aromatic nitrogens is 2. The average Bonchev–Trinajstić information content (AvgIpc) is 2.95. The molecule has 1 heterocycles. The summed E-state index contributed by atoms with van der Waals surface area (Å²) in [7, 11) is 0. The summed E-state index contributed by atoms with van der Waals surface area (Å²) in [6.45, 7) is 3.30. The van der Waals surface area contributed by atoms with E-state index in [0.717, 1.165) is 12.8 Å². The Hall–Kier alpha value is -2.94. The number of benzene rings is 1. The Labute approximate surface area is 166 Å². The number of nitrogens with zero attached hydrogens (tertiary/aromatic N) is 2. The number of ether oxygens (including phenoxy) is 1. The molecule has 0 spiro atoms. The molecule has 0 saturated carbocycles. The van der Waals surface area contributed by atoms with Crippen LogP contribution in [0.5, 0.6) is 0 Å². The number of urea groups is 1. The Morgan fingerprint density at radius 2 is 1.93 bits per heavy atom. The van der Waals surface area contributed by atoms with E-state index in [2.05, 4.69) is 15.7 Å². The van der Waals surface area contributed by atoms with Gasteiger partial charge in [-0.3, -0.25) is 10.1 Å². The Kier molecular flexibility index (Phi) is 7.51. The number of esters is 1. The van der Waals surface area contributed by atoms with Gasteiger partial charge in [-0.2, -0.15) is 5.10 Å². The predicted molar refractivity (Wildman–Crippen MR) is 100 cm³/mol. The fourth-order valence-corrected chi connectivity index (χ4v) is 2.62. The van der Waals surface area contributed by atoms with Crippen LogP contribution in [-0.2, 0) is 9.53 Å². The maximum atomic E-state index is 13.1. The number of hydrogen-bond acceptors (Lipinski definition) is 5.